The van der Waals surface area contributed by atoms with Crippen molar-refractivity contribution < 1.29 is 9.00 Å². The van der Waals surface area contributed by atoms with Crippen LogP contribution >= 0.6 is 11.6 Å². The Morgan fingerprint density at radius 1 is 1.13 bits per heavy atom. The topological polar surface area (TPSA) is 40.6 Å². The van der Waals surface area contributed by atoms with Gasteiger partial charge in [0.05, 0.1) is 10.3 Å². The van der Waals surface area contributed by atoms with Crippen LogP contribution in [0.25, 0.3) is 0 Å². The lowest BCUT2D eigenvalue weighted by atomic mass is 9.79. The molecule has 31 heavy (non-hydrogen) atoms. The molecule has 0 aromatic heterocycles. The van der Waals surface area contributed by atoms with Gasteiger partial charge in [-0.05, 0) is 57.7 Å². The minimum absolute atomic E-state index is 0.230. The Hall–Kier alpha value is -0.910. The summed E-state index contributed by atoms with van der Waals surface area (Å²) in [6.45, 7) is 16.6. The minimum atomic E-state index is -1.27. The third-order valence-corrected chi connectivity index (χ3v) is 8.07. The second kappa shape index (κ2) is 13.6. The molecule has 178 valence electrons. The largest absolute Gasteiger partial charge is 0.340 e. The quantitative estimate of drug-likeness (QED) is 0.485. The van der Waals surface area contributed by atoms with Crippen LogP contribution in [0.5, 0.6) is 0 Å². The maximum atomic E-state index is 13.1. The van der Waals surface area contributed by atoms with Crippen molar-refractivity contribution in [3.8, 4) is 0 Å². The Morgan fingerprint density at radius 2 is 1.77 bits per heavy atom. The molecule has 0 bridgehead atoms. The number of amides is 1. The Bertz CT molecular complexity index is 723. The summed E-state index contributed by atoms with van der Waals surface area (Å²) < 4.78 is 15.1. The van der Waals surface area contributed by atoms with Crippen LogP contribution in [0.1, 0.15) is 85.6 Å². The van der Waals surface area contributed by atoms with E-state index < -0.39 is 11.0 Å². The molecule has 6 heteroatoms. The van der Waals surface area contributed by atoms with Gasteiger partial charge in [0.1, 0.15) is 11.0 Å². The van der Waals surface area contributed by atoms with Gasteiger partial charge in [-0.2, -0.15) is 0 Å². The van der Waals surface area contributed by atoms with Gasteiger partial charge in [-0.3, -0.25) is 4.79 Å². The van der Waals surface area contributed by atoms with Gasteiger partial charge in [-0.15, -0.1) is 0 Å². The van der Waals surface area contributed by atoms with Gasteiger partial charge < -0.3 is 4.90 Å². The van der Waals surface area contributed by atoms with Crippen LogP contribution in [0.2, 0.25) is 5.02 Å². The average molecular weight is 471 g/mol. The molecule has 0 saturated carbocycles. The normalized spacial score (nSPS) is 22.1. The SMILES string of the molecule is CC.CCCCC.Cc1c(Cl)cccc1S(=O)N1CCCC2(CCN(C(C)C)C2=O)C1. The highest BCUT2D eigenvalue weighted by molar-refractivity contribution is 7.82. The third-order valence-electron chi connectivity index (χ3n) is 6.06. The van der Waals surface area contributed by atoms with Crippen molar-refractivity contribution in [2.75, 3.05) is 19.6 Å². The van der Waals surface area contributed by atoms with Crippen molar-refractivity contribution in [1.82, 2.24) is 9.21 Å². The number of unbranched alkanes of at least 4 members (excludes halogenated alkanes) is 2. The Kier molecular flexibility index (Phi) is 12.3. The summed E-state index contributed by atoms with van der Waals surface area (Å²) in [6.07, 6.45) is 6.75. The molecule has 0 N–H and O–H groups in total. The van der Waals surface area contributed by atoms with Crippen LogP contribution in [-0.4, -0.2) is 45.0 Å². The molecule has 1 spiro atoms. The van der Waals surface area contributed by atoms with Crippen LogP contribution in [0.4, 0.5) is 0 Å². The van der Waals surface area contributed by atoms with Crippen molar-refractivity contribution >= 4 is 28.5 Å². The summed E-state index contributed by atoms with van der Waals surface area (Å²) in [5.74, 6) is 0.238. The van der Waals surface area contributed by atoms with E-state index in [4.69, 9.17) is 11.6 Å². The van der Waals surface area contributed by atoms with E-state index in [0.29, 0.717) is 11.6 Å². The lowest BCUT2D eigenvalue weighted by molar-refractivity contribution is -0.139. The standard InChI is InChI=1S/C18H25ClN2O2S.C5H12.C2H6/c1-13(2)21-11-9-18(17(21)22)8-5-10-20(12-18)24(23)16-7-4-6-15(19)14(16)3;1-3-5-4-2;1-2/h4,6-7,13H,5,8-12H2,1-3H3;3-5H2,1-2H3;1-2H3. The Morgan fingerprint density at radius 3 is 2.29 bits per heavy atom. The number of likely N-dealkylation sites (tertiary alicyclic amines) is 1. The second-order valence-electron chi connectivity index (χ2n) is 8.56. The molecule has 0 aliphatic carbocycles. The summed E-state index contributed by atoms with van der Waals surface area (Å²) >= 11 is 6.18. The molecule has 2 aliphatic rings. The Balaban J connectivity index is 0.000000605. The molecule has 2 saturated heterocycles. The first kappa shape index (κ1) is 28.1. The van der Waals surface area contributed by atoms with Gasteiger partial charge in [-0.25, -0.2) is 8.51 Å². The first-order valence-corrected chi connectivity index (χ1v) is 13.5. The molecule has 1 aromatic carbocycles. The van der Waals surface area contributed by atoms with Gasteiger partial charge in [-0.1, -0.05) is 64.6 Å². The summed E-state index contributed by atoms with van der Waals surface area (Å²) in [5.41, 5.74) is 0.503. The lowest BCUT2D eigenvalue weighted by Gasteiger charge is -2.38. The predicted molar refractivity (Wildman–Crippen MR) is 134 cm³/mol. The van der Waals surface area contributed by atoms with Gasteiger partial charge in [0.2, 0.25) is 5.91 Å². The zero-order chi connectivity index (χ0) is 23.6. The molecule has 3 rings (SSSR count). The molecular weight excluding hydrogens is 428 g/mol. The van der Waals surface area contributed by atoms with E-state index in [1.165, 1.54) is 19.3 Å². The van der Waals surface area contributed by atoms with Crippen LogP contribution in [0.15, 0.2) is 23.1 Å². The zero-order valence-corrected chi connectivity index (χ0v) is 22.2. The summed E-state index contributed by atoms with van der Waals surface area (Å²) in [6, 6.07) is 5.75. The second-order valence-corrected chi connectivity index (χ2v) is 10.4. The van der Waals surface area contributed by atoms with E-state index in [1.54, 1.807) is 0 Å². The first-order valence-electron chi connectivity index (χ1n) is 12.0. The highest BCUT2D eigenvalue weighted by Gasteiger charge is 2.50. The molecule has 2 fully saturated rings. The lowest BCUT2D eigenvalue weighted by Crippen LogP contribution is -2.49. The van der Waals surface area contributed by atoms with Crippen LogP contribution < -0.4 is 0 Å². The molecule has 0 radical (unpaired) electrons. The van der Waals surface area contributed by atoms with E-state index in [-0.39, 0.29) is 17.4 Å². The fourth-order valence-electron chi connectivity index (χ4n) is 4.22. The summed E-state index contributed by atoms with van der Waals surface area (Å²) in [5, 5.41) is 0.635. The van der Waals surface area contributed by atoms with Gasteiger partial charge in [0.15, 0.2) is 0 Å². The maximum Gasteiger partial charge on any atom is 0.230 e. The van der Waals surface area contributed by atoms with Crippen molar-refractivity contribution in [3.63, 3.8) is 0 Å². The number of piperidine rings is 1. The van der Waals surface area contributed by atoms with E-state index in [0.717, 1.165) is 42.8 Å². The van der Waals surface area contributed by atoms with E-state index in [9.17, 15) is 9.00 Å². The number of hydrogen-bond donors (Lipinski definition) is 0. The van der Waals surface area contributed by atoms with Crippen molar-refractivity contribution in [2.45, 2.75) is 97.9 Å². The average Bonchev–Trinajstić information content (AvgIpc) is 3.07. The Labute approximate surface area is 198 Å². The molecule has 1 amide bonds. The molecule has 2 heterocycles. The smallest absolute Gasteiger partial charge is 0.230 e. The van der Waals surface area contributed by atoms with Crippen LogP contribution in [0, 0.1) is 12.3 Å². The predicted octanol–water partition coefficient (Wildman–Crippen LogP) is 6.62. The number of carbonyl (C=O) groups excluding carboxylic acids is 1. The van der Waals surface area contributed by atoms with Crippen LogP contribution in [-0.2, 0) is 15.8 Å². The number of carbonyl (C=O) groups is 1. The number of halogens is 1. The highest BCUT2D eigenvalue weighted by atomic mass is 35.5. The minimum Gasteiger partial charge on any atom is -0.340 e. The fraction of sp³-hybridized carbons (Fsp3) is 0.720. The number of benzene rings is 1. The molecule has 4 nitrogen and oxygen atoms in total. The number of nitrogens with zero attached hydrogens (tertiary/aromatic N) is 2. The first-order chi connectivity index (χ1) is 14.8. The summed E-state index contributed by atoms with van der Waals surface area (Å²) in [4.78, 5) is 15.7. The maximum absolute atomic E-state index is 13.1. The fourth-order valence-corrected chi connectivity index (χ4v) is 5.95. The molecule has 1 aromatic rings. The van der Waals surface area contributed by atoms with E-state index >= 15 is 0 Å². The molecule has 2 unspecified atom stereocenters. The van der Waals surface area contributed by atoms with Crippen molar-refractivity contribution in [1.29, 1.82) is 0 Å². The van der Waals surface area contributed by atoms with Gasteiger partial charge in [0.25, 0.3) is 0 Å². The molecule has 2 atom stereocenters. The number of rotatable bonds is 5. The van der Waals surface area contributed by atoms with E-state index in [2.05, 4.69) is 27.7 Å². The molecular formula is C25H43ClN2O2S. The van der Waals surface area contributed by atoms with Gasteiger partial charge >= 0.3 is 0 Å². The zero-order valence-electron chi connectivity index (χ0n) is 20.7. The van der Waals surface area contributed by atoms with Crippen molar-refractivity contribution in [2.24, 2.45) is 5.41 Å². The highest BCUT2D eigenvalue weighted by Crippen LogP contribution is 2.42. The third kappa shape index (κ3) is 7.03. The van der Waals surface area contributed by atoms with Gasteiger partial charge in [0, 0.05) is 30.7 Å². The summed E-state index contributed by atoms with van der Waals surface area (Å²) in [7, 11) is -1.27. The van der Waals surface area contributed by atoms with Crippen molar-refractivity contribution in [3.05, 3.63) is 28.8 Å². The van der Waals surface area contributed by atoms with Crippen LogP contribution in [0.3, 0.4) is 0 Å². The van der Waals surface area contributed by atoms with E-state index in [1.807, 2.05) is 48.2 Å². The monoisotopic (exact) mass is 470 g/mol. The molecule has 2 aliphatic heterocycles. The number of hydrogen-bond acceptors (Lipinski definition) is 2.